The van der Waals surface area contributed by atoms with Crippen molar-refractivity contribution in [1.29, 1.82) is 0 Å². The average molecular weight is 293 g/mol. The van der Waals surface area contributed by atoms with Gasteiger partial charge in [-0.1, -0.05) is 0 Å². The molecule has 0 saturated carbocycles. The Balaban J connectivity index is 2.46. The van der Waals surface area contributed by atoms with Gasteiger partial charge in [0.15, 0.2) is 0 Å². The molecule has 7 heteroatoms. The van der Waals surface area contributed by atoms with Gasteiger partial charge >= 0.3 is 11.7 Å². The maximum Gasteiger partial charge on any atom is 0.348 e. The monoisotopic (exact) mass is 293 g/mol. The van der Waals surface area contributed by atoms with Crippen molar-refractivity contribution in [3.8, 4) is 0 Å². The summed E-state index contributed by atoms with van der Waals surface area (Å²) in [4.78, 5) is 40.3. The standard InChI is InChI=1S/C14H19N3O4/c1-8-11(6-13(19)20)9(2)17(14(21)15-8)10-4-5-12(18)16(3)7-10/h10H,4-7H2,1-3H3,(H,19,20). The Morgan fingerprint density at radius 1 is 1.38 bits per heavy atom. The van der Waals surface area contributed by atoms with Crippen LogP contribution in [-0.4, -0.2) is 45.0 Å². The number of aryl methyl sites for hydroxylation is 1. The molecule has 1 saturated heterocycles. The zero-order valence-corrected chi connectivity index (χ0v) is 12.4. The predicted octanol–water partition coefficient (Wildman–Crippen LogP) is 0.281. The Morgan fingerprint density at radius 3 is 2.62 bits per heavy atom. The number of carboxylic acid groups (broad SMARTS) is 1. The van der Waals surface area contributed by atoms with E-state index >= 15 is 0 Å². The van der Waals surface area contributed by atoms with Gasteiger partial charge in [0.1, 0.15) is 0 Å². The fourth-order valence-electron chi connectivity index (χ4n) is 2.85. The quantitative estimate of drug-likeness (QED) is 0.864. The van der Waals surface area contributed by atoms with Crippen LogP contribution >= 0.6 is 0 Å². The molecule has 1 aromatic rings. The van der Waals surface area contributed by atoms with Crippen LogP contribution in [0.2, 0.25) is 0 Å². The van der Waals surface area contributed by atoms with Gasteiger partial charge in [-0.3, -0.25) is 14.2 Å². The number of hydrogen-bond donors (Lipinski definition) is 1. The molecule has 1 atom stereocenters. The molecule has 0 aliphatic carbocycles. The van der Waals surface area contributed by atoms with E-state index in [0.29, 0.717) is 36.3 Å². The van der Waals surface area contributed by atoms with E-state index in [-0.39, 0.29) is 24.1 Å². The maximum absolute atomic E-state index is 12.2. The average Bonchev–Trinajstić information content (AvgIpc) is 2.38. The highest BCUT2D eigenvalue weighted by Crippen LogP contribution is 2.23. The molecule has 1 unspecified atom stereocenters. The van der Waals surface area contributed by atoms with Crippen molar-refractivity contribution in [2.75, 3.05) is 13.6 Å². The number of piperidine rings is 1. The molecule has 1 fully saturated rings. The van der Waals surface area contributed by atoms with Gasteiger partial charge in [0, 0.05) is 37.0 Å². The van der Waals surface area contributed by atoms with Gasteiger partial charge in [0.2, 0.25) is 5.91 Å². The van der Waals surface area contributed by atoms with Crippen LogP contribution in [0.15, 0.2) is 4.79 Å². The minimum absolute atomic E-state index is 0.0581. The SMILES string of the molecule is Cc1nc(=O)n(C2CCC(=O)N(C)C2)c(C)c1CC(=O)O. The van der Waals surface area contributed by atoms with Crippen LogP contribution in [0.25, 0.3) is 0 Å². The number of nitrogens with zero attached hydrogens (tertiary/aromatic N) is 3. The van der Waals surface area contributed by atoms with Crippen LogP contribution in [0.5, 0.6) is 0 Å². The van der Waals surface area contributed by atoms with E-state index in [4.69, 9.17) is 5.11 Å². The highest BCUT2D eigenvalue weighted by molar-refractivity contribution is 5.76. The topological polar surface area (TPSA) is 92.5 Å². The fourth-order valence-corrected chi connectivity index (χ4v) is 2.85. The van der Waals surface area contributed by atoms with Gasteiger partial charge in [0.25, 0.3) is 0 Å². The van der Waals surface area contributed by atoms with Gasteiger partial charge in [-0.15, -0.1) is 0 Å². The van der Waals surface area contributed by atoms with E-state index in [0.717, 1.165) is 0 Å². The third-order valence-corrected chi connectivity index (χ3v) is 4.00. The van der Waals surface area contributed by atoms with E-state index in [1.807, 2.05) is 0 Å². The molecule has 7 nitrogen and oxygen atoms in total. The van der Waals surface area contributed by atoms with E-state index in [1.165, 1.54) is 4.57 Å². The van der Waals surface area contributed by atoms with Crippen LogP contribution in [0.4, 0.5) is 0 Å². The van der Waals surface area contributed by atoms with Crippen molar-refractivity contribution in [1.82, 2.24) is 14.5 Å². The van der Waals surface area contributed by atoms with Crippen LogP contribution < -0.4 is 5.69 Å². The molecule has 1 aromatic heterocycles. The second-order valence-corrected chi connectivity index (χ2v) is 5.45. The Bertz CT molecular complexity index is 650. The number of aliphatic carboxylic acids is 1. The largest absolute Gasteiger partial charge is 0.481 e. The molecule has 2 heterocycles. The lowest BCUT2D eigenvalue weighted by Crippen LogP contribution is -2.42. The number of carboxylic acids is 1. The minimum Gasteiger partial charge on any atom is -0.481 e. The number of carbonyl (C=O) groups is 2. The molecule has 1 aliphatic heterocycles. The number of likely N-dealkylation sites (tertiary alicyclic amines) is 1. The molecule has 1 aliphatic rings. The highest BCUT2D eigenvalue weighted by atomic mass is 16.4. The molecule has 1 amide bonds. The second-order valence-electron chi connectivity index (χ2n) is 5.45. The number of hydrogen-bond acceptors (Lipinski definition) is 4. The van der Waals surface area contributed by atoms with Gasteiger partial charge in [-0.25, -0.2) is 4.79 Å². The molecule has 2 rings (SSSR count). The molecular formula is C14H19N3O4. The normalized spacial score (nSPS) is 18.9. The van der Waals surface area contributed by atoms with Crippen molar-refractivity contribution in [2.24, 2.45) is 0 Å². The first-order valence-electron chi connectivity index (χ1n) is 6.85. The molecule has 114 valence electrons. The lowest BCUT2D eigenvalue weighted by atomic mass is 10.0. The van der Waals surface area contributed by atoms with Crippen molar-refractivity contribution >= 4 is 11.9 Å². The summed E-state index contributed by atoms with van der Waals surface area (Å²) < 4.78 is 1.54. The Labute approximate surface area is 122 Å². The van der Waals surface area contributed by atoms with Crippen molar-refractivity contribution in [2.45, 2.75) is 39.2 Å². The van der Waals surface area contributed by atoms with Crippen LogP contribution in [-0.2, 0) is 16.0 Å². The summed E-state index contributed by atoms with van der Waals surface area (Å²) in [5.41, 5.74) is 1.27. The molecule has 0 aromatic carbocycles. The summed E-state index contributed by atoms with van der Waals surface area (Å²) in [7, 11) is 1.70. The first-order valence-corrected chi connectivity index (χ1v) is 6.85. The van der Waals surface area contributed by atoms with Crippen LogP contribution in [0.3, 0.4) is 0 Å². The van der Waals surface area contributed by atoms with Crippen molar-refractivity contribution < 1.29 is 14.7 Å². The summed E-state index contributed by atoms with van der Waals surface area (Å²) in [5, 5.41) is 9.00. The predicted molar refractivity (Wildman–Crippen MR) is 75.2 cm³/mol. The van der Waals surface area contributed by atoms with E-state index in [2.05, 4.69) is 4.98 Å². The summed E-state index contributed by atoms with van der Waals surface area (Å²) in [5.74, 6) is -0.896. The molecule has 0 spiro atoms. The smallest absolute Gasteiger partial charge is 0.348 e. The number of aromatic nitrogens is 2. The molecule has 21 heavy (non-hydrogen) atoms. The summed E-state index contributed by atoms with van der Waals surface area (Å²) in [6.07, 6.45) is 0.794. The molecule has 0 radical (unpaired) electrons. The van der Waals surface area contributed by atoms with Gasteiger partial charge in [0.05, 0.1) is 12.5 Å². The molecule has 1 N–H and O–H groups in total. The van der Waals surface area contributed by atoms with Gasteiger partial charge < -0.3 is 10.0 Å². The molecular weight excluding hydrogens is 274 g/mol. The van der Waals surface area contributed by atoms with E-state index in [9.17, 15) is 14.4 Å². The van der Waals surface area contributed by atoms with Crippen molar-refractivity contribution in [3.63, 3.8) is 0 Å². The number of carbonyl (C=O) groups excluding carboxylic acids is 1. The second kappa shape index (κ2) is 5.67. The number of rotatable bonds is 3. The van der Waals surface area contributed by atoms with Gasteiger partial charge in [-0.05, 0) is 20.3 Å². The van der Waals surface area contributed by atoms with E-state index < -0.39 is 5.97 Å². The van der Waals surface area contributed by atoms with Crippen LogP contribution in [0, 0.1) is 13.8 Å². The third-order valence-electron chi connectivity index (χ3n) is 4.00. The first-order chi connectivity index (χ1) is 9.81. The highest BCUT2D eigenvalue weighted by Gasteiger charge is 2.27. The van der Waals surface area contributed by atoms with Gasteiger partial charge in [-0.2, -0.15) is 4.98 Å². The Hall–Kier alpha value is -2.18. The van der Waals surface area contributed by atoms with E-state index in [1.54, 1.807) is 25.8 Å². The Morgan fingerprint density at radius 2 is 2.05 bits per heavy atom. The lowest BCUT2D eigenvalue weighted by molar-refractivity contribution is -0.136. The van der Waals surface area contributed by atoms with Crippen LogP contribution in [0.1, 0.15) is 35.8 Å². The van der Waals surface area contributed by atoms with Crippen molar-refractivity contribution in [3.05, 3.63) is 27.4 Å². The zero-order chi connectivity index (χ0) is 15.7. The number of amides is 1. The zero-order valence-electron chi connectivity index (χ0n) is 12.4. The maximum atomic E-state index is 12.2. The molecule has 0 bridgehead atoms. The lowest BCUT2D eigenvalue weighted by Gasteiger charge is -2.32. The summed E-state index contributed by atoms with van der Waals surface area (Å²) in [6.45, 7) is 3.83. The Kier molecular flexibility index (Phi) is 4.11. The fraction of sp³-hybridized carbons (Fsp3) is 0.571. The third kappa shape index (κ3) is 2.96. The summed E-state index contributed by atoms with van der Waals surface area (Å²) >= 11 is 0. The minimum atomic E-state index is -0.955. The first kappa shape index (κ1) is 15.2. The number of likely N-dealkylation sites (N-methyl/N-ethyl adjacent to an activating group) is 1. The summed E-state index contributed by atoms with van der Waals surface area (Å²) in [6, 6.07) is -0.152.